The number of carbonyl (C=O) groups excluding carboxylic acids is 1. The molecule has 1 aliphatic heterocycles. The minimum Gasteiger partial charge on any atom is -0.445 e. The summed E-state index contributed by atoms with van der Waals surface area (Å²) in [4.78, 5) is 11.7. The van der Waals surface area contributed by atoms with E-state index in [0.717, 1.165) is 5.56 Å². The Morgan fingerprint density at radius 1 is 1.18 bits per heavy atom. The Labute approximate surface area is 126 Å². The first-order chi connectivity index (χ1) is 10.5. The molecule has 0 aromatic heterocycles. The molecule has 22 heavy (non-hydrogen) atoms. The number of benzene rings is 1. The van der Waals surface area contributed by atoms with Crippen molar-refractivity contribution in [3.63, 3.8) is 0 Å². The van der Waals surface area contributed by atoms with Crippen molar-refractivity contribution in [3.05, 3.63) is 35.9 Å². The molecular formula is C14H19NO7. The van der Waals surface area contributed by atoms with Crippen molar-refractivity contribution in [3.8, 4) is 0 Å². The van der Waals surface area contributed by atoms with Gasteiger partial charge in [0.05, 0.1) is 6.61 Å². The van der Waals surface area contributed by atoms with E-state index in [4.69, 9.17) is 14.6 Å². The Hall–Kier alpha value is -1.71. The number of nitrogens with one attached hydrogen (secondary N) is 1. The monoisotopic (exact) mass is 313 g/mol. The fourth-order valence-electron chi connectivity index (χ4n) is 2.15. The van der Waals surface area contributed by atoms with Gasteiger partial charge < -0.3 is 35.2 Å². The number of amides is 1. The van der Waals surface area contributed by atoms with Gasteiger partial charge in [-0.1, -0.05) is 30.3 Å². The third-order valence-corrected chi connectivity index (χ3v) is 3.40. The Bertz CT molecular complexity index is 483. The Morgan fingerprint density at radius 3 is 2.50 bits per heavy atom. The van der Waals surface area contributed by atoms with Gasteiger partial charge in [-0.15, -0.1) is 0 Å². The number of hydrogen-bond donors (Lipinski definition) is 5. The molecule has 8 nitrogen and oxygen atoms in total. The van der Waals surface area contributed by atoms with E-state index in [9.17, 15) is 20.1 Å². The summed E-state index contributed by atoms with van der Waals surface area (Å²) < 4.78 is 9.88. The zero-order valence-electron chi connectivity index (χ0n) is 11.7. The predicted octanol–water partition coefficient (Wildman–Crippen LogP) is -1.29. The van der Waals surface area contributed by atoms with Gasteiger partial charge in [-0.3, -0.25) is 0 Å². The third-order valence-electron chi connectivity index (χ3n) is 3.40. The predicted molar refractivity (Wildman–Crippen MR) is 73.5 cm³/mol. The van der Waals surface area contributed by atoms with Crippen molar-refractivity contribution in [1.82, 2.24) is 5.32 Å². The molecule has 1 aromatic carbocycles. The van der Waals surface area contributed by atoms with Crippen molar-refractivity contribution in [2.45, 2.75) is 37.3 Å². The summed E-state index contributed by atoms with van der Waals surface area (Å²) in [6.45, 7) is -0.547. The third kappa shape index (κ3) is 3.93. The summed E-state index contributed by atoms with van der Waals surface area (Å²) in [5, 5.41) is 40.5. The van der Waals surface area contributed by atoms with E-state index < -0.39 is 43.3 Å². The van der Waals surface area contributed by atoms with Crippen LogP contribution in [0.4, 0.5) is 4.79 Å². The highest BCUT2D eigenvalue weighted by molar-refractivity contribution is 5.67. The summed E-state index contributed by atoms with van der Waals surface area (Å²) in [6, 6.07) is 7.71. The highest BCUT2D eigenvalue weighted by atomic mass is 16.6. The highest BCUT2D eigenvalue weighted by Crippen LogP contribution is 2.19. The van der Waals surface area contributed by atoms with Gasteiger partial charge >= 0.3 is 6.09 Å². The zero-order chi connectivity index (χ0) is 16.1. The first-order valence-electron chi connectivity index (χ1n) is 6.80. The molecular weight excluding hydrogens is 294 g/mol. The van der Waals surface area contributed by atoms with E-state index >= 15 is 0 Å². The minimum absolute atomic E-state index is 0.0221. The molecule has 2 rings (SSSR count). The number of carbonyl (C=O) groups is 1. The average molecular weight is 313 g/mol. The summed E-state index contributed by atoms with van der Waals surface area (Å²) in [5.41, 5.74) is 0.777. The lowest BCUT2D eigenvalue weighted by Gasteiger charge is -2.39. The summed E-state index contributed by atoms with van der Waals surface area (Å²) >= 11 is 0. The largest absolute Gasteiger partial charge is 0.445 e. The Morgan fingerprint density at radius 2 is 1.86 bits per heavy atom. The van der Waals surface area contributed by atoms with E-state index in [1.54, 1.807) is 24.3 Å². The Balaban J connectivity index is 1.87. The molecule has 1 aliphatic rings. The fourth-order valence-corrected chi connectivity index (χ4v) is 2.15. The van der Waals surface area contributed by atoms with Gasteiger partial charge in [-0.05, 0) is 5.56 Å². The summed E-state index contributed by atoms with van der Waals surface area (Å²) in [6.07, 6.45) is -6.49. The summed E-state index contributed by atoms with van der Waals surface area (Å²) in [5.74, 6) is 0. The second kappa shape index (κ2) is 7.52. The van der Waals surface area contributed by atoms with E-state index in [0.29, 0.717) is 0 Å². The SMILES string of the molecule is O=C(N[C@H]1[C@@H](O)[C@H](O)C(CO)O[C@@H]1O)OCc1ccccc1. The van der Waals surface area contributed by atoms with Crippen molar-refractivity contribution in [1.29, 1.82) is 0 Å². The van der Waals surface area contributed by atoms with Crippen LogP contribution in [0.25, 0.3) is 0 Å². The number of rotatable bonds is 4. The maximum Gasteiger partial charge on any atom is 0.407 e. The maximum atomic E-state index is 11.7. The van der Waals surface area contributed by atoms with Gasteiger partial charge in [0.2, 0.25) is 0 Å². The van der Waals surface area contributed by atoms with Gasteiger partial charge in [-0.2, -0.15) is 0 Å². The van der Waals surface area contributed by atoms with Crippen LogP contribution in [0.5, 0.6) is 0 Å². The topological polar surface area (TPSA) is 128 Å². The first-order valence-corrected chi connectivity index (χ1v) is 6.80. The second-order valence-electron chi connectivity index (χ2n) is 4.96. The molecule has 0 bridgehead atoms. The lowest BCUT2D eigenvalue weighted by molar-refractivity contribution is -0.253. The molecule has 0 saturated carbocycles. The highest BCUT2D eigenvalue weighted by Gasteiger charge is 2.44. The smallest absolute Gasteiger partial charge is 0.407 e. The molecule has 122 valence electrons. The number of alkyl carbamates (subject to hydrolysis) is 1. The van der Waals surface area contributed by atoms with E-state index in [1.165, 1.54) is 0 Å². The van der Waals surface area contributed by atoms with Crippen LogP contribution in [0.1, 0.15) is 5.56 Å². The number of aliphatic hydroxyl groups is 4. The minimum atomic E-state index is -1.57. The number of hydrogen-bond acceptors (Lipinski definition) is 7. The van der Waals surface area contributed by atoms with Crippen LogP contribution >= 0.6 is 0 Å². The molecule has 1 fully saturated rings. The molecule has 5 atom stereocenters. The van der Waals surface area contributed by atoms with Gasteiger partial charge in [0, 0.05) is 0 Å². The lowest BCUT2D eigenvalue weighted by Crippen LogP contribution is -2.64. The van der Waals surface area contributed by atoms with Crippen LogP contribution in [-0.4, -0.2) is 63.8 Å². The van der Waals surface area contributed by atoms with E-state index in [2.05, 4.69) is 5.32 Å². The van der Waals surface area contributed by atoms with Crippen LogP contribution in [0.2, 0.25) is 0 Å². The standard InChI is InChI=1S/C14H19NO7/c16-6-9-11(17)12(18)10(13(19)22-9)15-14(20)21-7-8-4-2-1-3-5-8/h1-5,9-13,16-19H,6-7H2,(H,15,20)/t9?,10-,11+,12+,13-/m0/s1. The number of ether oxygens (including phenoxy) is 2. The molecule has 5 N–H and O–H groups in total. The molecule has 1 amide bonds. The lowest BCUT2D eigenvalue weighted by atomic mass is 9.97. The normalized spacial score (nSPS) is 31.5. The van der Waals surface area contributed by atoms with Crippen molar-refractivity contribution in [2.24, 2.45) is 0 Å². The quantitative estimate of drug-likeness (QED) is 0.468. The van der Waals surface area contributed by atoms with Crippen LogP contribution in [0, 0.1) is 0 Å². The van der Waals surface area contributed by atoms with Crippen LogP contribution in [0.15, 0.2) is 30.3 Å². The van der Waals surface area contributed by atoms with Crippen LogP contribution in [-0.2, 0) is 16.1 Å². The Kier molecular flexibility index (Phi) is 5.69. The molecule has 0 aliphatic carbocycles. The van der Waals surface area contributed by atoms with E-state index in [-0.39, 0.29) is 6.61 Å². The van der Waals surface area contributed by atoms with Gasteiger partial charge in [0.15, 0.2) is 6.29 Å². The zero-order valence-corrected chi connectivity index (χ0v) is 11.7. The number of aliphatic hydroxyl groups excluding tert-OH is 4. The van der Waals surface area contributed by atoms with Crippen molar-refractivity contribution < 1.29 is 34.7 Å². The second-order valence-corrected chi connectivity index (χ2v) is 4.96. The van der Waals surface area contributed by atoms with E-state index in [1.807, 2.05) is 6.07 Å². The van der Waals surface area contributed by atoms with Gasteiger partial charge in [0.1, 0.15) is 31.0 Å². The molecule has 1 aromatic rings. The molecule has 0 spiro atoms. The molecule has 0 radical (unpaired) electrons. The molecule has 1 saturated heterocycles. The van der Waals surface area contributed by atoms with Gasteiger partial charge in [-0.25, -0.2) is 4.79 Å². The van der Waals surface area contributed by atoms with Crippen molar-refractivity contribution >= 4 is 6.09 Å². The molecule has 1 unspecified atom stereocenters. The fraction of sp³-hybridized carbons (Fsp3) is 0.500. The maximum absolute atomic E-state index is 11.7. The first kappa shape index (κ1) is 16.7. The molecule has 1 heterocycles. The van der Waals surface area contributed by atoms with Crippen molar-refractivity contribution in [2.75, 3.05) is 6.61 Å². The van der Waals surface area contributed by atoms with Crippen LogP contribution < -0.4 is 5.32 Å². The van der Waals surface area contributed by atoms with Gasteiger partial charge in [0.25, 0.3) is 0 Å². The van der Waals surface area contributed by atoms with Crippen LogP contribution in [0.3, 0.4) is 0 Å². The average Bonchev–Trinajstić information content (AvgIpc) is 2.54. The summed E-state index contributed by atoms with van der Waals surface area (Å²) in [7, 11) is 0. The molecule has 8 heteroatoms.